The zero-order chi connectivity index (χ0) is 10.0. The van der Waals surface area contributed by atoms with Crippen molar-refractivity contribution < 1.29 is 4.79 Å². The smallest absolute Gasteiger partial charge is 0.270 e. The molecule has 1 saturated carbocycles. The third-order valence-corrected chi connectivity index (χ3v) is 3.68. The Morgan fingerprint density at radius 3 is 3.00 bits per heavy atom. The number of carbonyl (C=O) groups is 1. The van der Waals surface area contributed by atoms with Crippen molar-refractivity contribution >= 4 is 28.8 Å². The van der Waals surface area contributed by atoms with Crippen LogP contribution in [0.4, 0.5) is 0 Å². The fourth-order valence-corrected chi connectivity index (χ4v) is 2.11. The van der Waals surface area contributed by atoms with Crippen molar-refractivity contribution in [3.63, 3.8) is 0 Å². The van der Waals surface area contributed by atoms with Crippen LogP contribution in [0.25, 0.3) is 0 Å². The molecule has 1 aromatic rings. The number of alkyl halides is 1. The molecule has 3 nitrogen and oxygen atoms in total. The molecule has 0 atom stereocenters. The third-order valence-electron chi connectivity index (χ3n) is 2.53. The second-order valence-corrected chi connectivity index (χ2v) is 4.68. The second-order valence-electron chi connectivity index (χ2n) is 3.69. The van der Waals surface area contributed by atoms with Gasteiger partial charge >= 0.3 is 0 Å². The van der Waals surface area contributed by atoms with Gasteiger partial charge in [0.1, 0.15) is 5.69 Å². The van der Waals surface area contributed by atoms with Crippen LogP contribution in [0.3, 0.4) is 0 Å². The summed E-state index contributed by atoms with van der Waals surface area (Å²) in [6, 6.07) is 0. The predicted molar refractivity (Wildman–Crippen MR) is 56.8 cm³/mol. The summed E-state index contributed by atoms with van der Waals surface area (Å²) in [6.45, 7) is 0.673. The lowest BCUT2D eigenvalue weighted by Crippen LogP contribution is -2.31. The van der Waals surface area contributed by atoms with Crippen LogP contribution in [-0.4, -0.2) is 23.3 Å². The quantitative estimate of drug-likeness (QED) is 0.803. The predicted octanol–water partition coefficient (Wildman–Crippen LogP) is 1.89. The Labute approximate surface area is 91.5 Å². The molecule has 0 spiro atoms. The summed E-state index contributed by atoms with van der Waals surface area (Å²) in [7, 11) is 0. The summed E-state index contributed by atoms with van der Waals surface area (Å²) in [5, 5.41) is 4.61. The highest BCUT2D eigenvalue weighted by atomic mass is 35.5. The van der Waals surface area contributed by atoms with Crippen molar-refractivity contribution in [1.82, 2.24) is 10.3 Å². The number of aromatic nitrogens is 1. The first-order valence-electron chi connectivity index (χ1n) is 4.48. The molecule has 1 heterocycles. The van der Waals surface area contributed by atoms with E-state index in [-0.39, 0.29) is 11.3 Å². The van der Waals surface area contributed by atoms with E-state index in [1.165, 1.54) is 11.3 Å². The van der Waals surface area contributed by atoms with Crippen LogP contribution >= 0.6 is 22.9 Å². The summed E-state index contributed by atoms with van der Waals surface area (Å²) in [5.41, 5.74) is 2.33. The molecular formula is C9H11ClN2OS. The van der Waals surface area contributed by atoms with Gasteiger partial charge in [0, 0.05) is 23.2 Å². The van der Waals surface area contributed by atoms with E-state index in [1.807, 2.05) is 0 Å². The van der Waals surface area contributed by atoms with Crippen LogP contribution in [0.2, 0.25) is 0 Å². The number of rotatable bonds is 4. The molecule has 2 rings (SSSR count). The lowest BCUT2D eigenvalue weighted by Gasteiger charge is -2.11. The van der Waals surface area contributed by atoms with Gasteiger partial charge in [0.15, 0.2) is 0 Å². The first kappa shape index (κ1) is 9.93. The molecule has 1 amide bonds. The van der Waals surface area contributed by atoms with Crippen molar-refractivity contribution in [3.8, 4) is 0 Å². The lowest BCUT2D eigenvalue weighted by molar-refractivity contribution is 0.0942. The minimum absolute atomic E-state index is 0.0948. The summed E-state index contributed by atoms with van der Waals surface area (Å²) in [5.74, 6) is 0.535. The normalized spacial score (nSPS) is 17.8. The molecule has 0 aliphatic heterocycles. The van der Waals surface area contributed by atoms with Gasteiger partial charge in [-0.25, -0.2) is 4.98 Å². The Kier molecular flexibility index (Phi) is 2.74. The molecule has 0 bridgehead atoms. The van der Waals surface area contributed by atoms with E-state index in [0.717, 1.165) is 12.8 Å². The fourth-order valence-electron chi connectivity index (χ4n) is 1.22. The number of nitrogens with zero attached hydrogens (tertiary/aromatic N) is 1. The van der Waals surface area contributed by atoms with E-state index in [0.29, 0.717) is 18.1 Å². The third kappa shape index (κ3) is 2.07. The Balaban J connectivity index is 1.84. The first-order valence-corrected chi connectivity index (χ1v) is 5.96. The van der Waals surface area contributed by atoms with Crippen molar-refractivity contribution in [2.45, 2.75) is 12.8 Å². The summed E-state index contributed by atoms with van der Waals surface area (Å²) in [4.78, 5) is 15.4. The maximum atomic E-state index is 11.5. The van der Waals surface area contributed by atoms with Crippen LogP contribution in [-0.2, 0) is 0 Å². The molecule has 14 heavy (non-hydrogen) atoms. The molecule has 5 heteroatoms. The van der Waals surface area contributed by atoms with Gasteiger partial charge in [-0.15, -0.1) is 22.9 Å². The minimum atomic E-state index is -0.0948. The Morgan fingerprint density at radius 2 is 2.50 bits per heavy atom. The zero-order valence-electron chi connectivity index (χ0n) is 7.62. The summed E-state index contributed by atoms with van der Waals surface area (Å²) in [6.07, 6.45) is 2.24. The Bertz CT molecular complexity index is 322. The van der Waals surface area contributed by atoms with Gasteiger partial charge in [-0.05, 0) is 12.8 Å². The summed E-state index contributed by atoms with van der Waals surface area (Å²) >= 11 is 7.22. The number of thiazole rings is 1. The van der Waals surface area contributed by atoms with E-state index in [4.69, 9.17) is 11.6 Å². The number of carbonyl (C=O) groups excluding carboxylic acids is 1. The van der Waals surface area contributed by atoms with Crippen molar-refractivity contribution in [2.24, 2.45) is 5.41 Å². The number of amides is 1. The highest BCUT2D eigenvalue weighted by molar-refractivity contribution is 7.07. The number of hydrogen-bond acceptors (Lipinski definition) is 3. The average molecular weight is 231 g/mol. The molecule has 1 aromatic heterocycles. The van der Waals surface area contributed by atoms with Gasteiger partial charge in [-0.3, -0.25) is 4.79 Å². The van der Waals surface area contributed by atoms with Crippen LogP contribution in [0.1, 0.15) is 23.3 Å². The van der Waals surface area contributed by atoms with E-state index in [9.17, 15) is 4.79 Å². The maximum absolute atomic E-state index is 11.5. The van der Waals surface area contributed by atoms with E-state index in [1.54, 1.807) is 10.9 Å². The molecule has 1 aliphatic carbocycles. The Morgan fingerprint density at radius 1 is 1.71 bits per heavy atom. The summed E-state index contributed by atoms with van der Waals surface area (Å²) < 4.78 is 0. The van der Waals surface area contributed by atoms with E-state index in [2.05, 4.69) is 10.3 Å². The van der Waals surface area contributed by atoms with E-state index >= 15 is 0 Å². The van der Waals surface area contributed by atoms with Gasteiger partial charge in [0.25, 0.3) is 5.91 Å². The standard InChI is InChI=1S/C9H11ClN2OS/c10-4-9(1-2-9)5-11-8(13)7-3-14-6-12-7/h3,6H,1-2,4-5H2,(H,11,13). The molecule has 0 radical (unpaired) electrons. The molecule has 1 fully saturated rings. The molecular weight excluding hydrogens is 220 g/mol. The van der Waals surface area contributed by atoms with Crippen LogP contribution in [0.5, 0.6) is 0 Å². The molecule has 76 valence electrons. The topological polar surface area (TPSA) is 42.0 Å². The first-order chi connectivity index (χ1) is 6.76. The largest absolute Gasteiger partial charge is 0.350 e. The fraction of sp³-hybridized carbons (Fsp3) is 0.556. The van der Waals surface area contributed by atoms with Crippen LogP contribution in [0.15, 0.2) is 10.9 Å². The Hall–Kier alpha value is -0.610. The van der Waals surface area contributed by atoms with Gasteiger partial charge in [0.05, 0.1) is 5.51 Å². The molecule has 1 N–H and O–H groups in total. The van der Waals surface area contributed by atoms with Gasteiger partial charge < -0.3 is 5.32 Å². The van der Waals surface area contributed by atoms with Crippen LogP contribution < -0.4 is 5.32 Å². The van der Waals surface area contributed by atoms with Crippen molar-refractivity contribution in [3.05, 3.63) is 16.6 Å². The van der Waals surface area contributed by atoms with Gasteiger partial charge in [0.2, 0.25) is 0 Å². The van der Waals surface area contributed by atoms with Crippen LogP contribution in [0, 0.1) is 5.41 Å². The molecule has 0 unspecified atom stereocenters. The monoisotopic (exact) mass is 230 g/mol. The molecule has 0 aromatic carbocycles. The number of hydrogen-bond donors (Lipinski definition) is 1. The highest BCUT2D eigenvalue weighted by Gasteiger charge is 2.41. The highest BCUT2D eigenvalue weighted by Crippen LogP contribution is 2.45. The number of nitrogens with one attached hydrogen (secondary N) is 1. The molecule has 1 aliphatic rings. The zero-order valence-corrected chi connectivity index (χ0v) is 9.20. The van der Waals surface area contributed by atoms with Gasteiger partial charge in [-0.2, -0.15) is 0 Å². The molecule has 0 saturated heterocycles. The van der Waals surface area contributed by atoms with Gasteiger partial charge in [-0.1, -0.05) is 0 Å². The lowest BCUT2D eigenvalue weighted by atomic mass is 10.1. The van der Waals surface area contributed by atoms with Crippen molar-refractivity contribution in [1.29, 1.82) is 0 Å². The average Bonchev–Trinajstić information content (AvgIpc) is 2.78. The number of halogens is 1. The van der Waals surface area contributed by atoms with Crippen molar-refractivity contribution in [2.75, 3.05) is 12.4 Å². The maximum Gasteiger partial charge on any atom is 0.270 e. The SMILES string of the molecule is O=C(NCC1(CCl)CC1)c1cscn1. The van der Waals surface area contributed by atoms with E-state index < -0.39 is 0 Å². The minimum Gasteiger partial charge on any atom is -0.350 e. The second kappa shape index (κ2) is 3.87.